The molecule has 0 aliphatic carbocycles. The second-order valence-corrected chi connectivity index (χ2v) is 5.69. The quantitative estimate of drug-likeness (QED) is 0.651. The van der Waals surface area contributed by atoms with Crippen LogP contribution in [0.25, 0.3) is 0 Å². The lowest BCUT2D eigenvalue weighted by Crippen LogP contribution is -2.29. The summed E-state index contributed by atoms with van der Waals surface area (Å²) >= 11 is 0. The van der Waals surface area contributed by atoms with E-state index in [0.29, 0.717) is 30.2 Å². The number of nitrogens with zero attached hydrogens (tertiary/aromatic N) is 3. The number of hydrogen-bond donors (Lipinski definition) is 0. The second-order valence-electron chi connectivity index (χ2n) is 5.69. The molecule has 1 amide bonds. The maximum absolute atomic E-state index is 12.9. The summed E-state index contributed by atoms with van der Waals surface area (Å²) in [6, 6.07) is 14.8. The lowest BCUT2D eigenvalue weighted by atomic mass is 10.2. The minimum Gasteiger partial charge on any atom is -0.484 e. The van der Waals surface area contributed by atoms with Crippen LogP contribution in [-0.4, -0.2) is 34.5 Å². The fourth-order valence-electron chi connectivity index (χ4n) is 2.29. The molecule has 0 spiro atoms. The van der Waals surface area contributed by atoms with Gasteiger partial charge in [0, 0.05) is 25.6 Å². The van der Waals surface area contributed by atoms with Crippen molar-refractivity contribution in [1.29, 1.82) is 0 Å². The Bertz CT molecular complexity index is 850. The van der Waals surface area contributed by atoms with Gasteiger partial charge in [-0.05, 0) is 36.4 Å². The second kappa shape index (κ2) is 8.24. The van der Waals surface area contributed by atoms with Gasteiger partial charge >= 0.3 is 0 Å². The molecular formula is C19H18FN3O3. The van der Waals surface area contributed by atoms with Crippen LogP contribution < -0.4 is 4.74 Å². The van der Waals surface area contributed by atoms with E-state index in [9.17, 15) is 9.18 Å². The van der Waals surface area contributed by atoms with Crippen molar-refractivity contribution in [3.63, 3.8) is 0 Å². The number of ether oxygens (including phenoxy) is 1. The molecule has 3 rings (SSSR count). The molecule has 7 heteroatoms. The zero-order valence-electron chi connectivity index (χ0n) is 14.3. The minimum absolute atomic E-state index is 0.182. The van der Waals surface area contributed by atoms with Crippen molar-refractivity contribution in [2.45, 2.75) is 13.0 Å². The van der Waals surface area contributed by atoms with Gasteiger partial charge in [-0.2, -0.15) is 4.98 Å². The van der Waals surface area contributed by atoms with Gasteiger partial charge in [-0.3, -0.25) is 4.79 Å². The van der Waals surface area contributed by atoms with E-state index in [1.54, 1.807) is 7.05 Å². The number of para-hydroxylation sites is 1. The average molecular weight is 355 g/mol. The lowest BCUT2D eigenvalue weighted by molar-refractivity contribution is 0.0795. The molecule has 0 saturated heterocycles. The number of aromatic nitrogens is 2. The number of amides is 1. The zero-order valence-corrected chi connectivity index (χ0v) is 14.3. The van der Waals surface area contributed by atoms with Crippen LogP contribution in [0.15, 0.2) is 59.1 Å². The largest absolute Gasteiger partial charge is 0.484 e. The molecule has 0 unspecified atom stereocenters. The molecule has 1 heterocycles. The molecule has 0 saturated carbocycles. The van der Waals surface area contributed by atoms with Crippen LogP contribution in [-0.2, 0) is 13.0 Å². The predicted octanol–water partition coefficient (Wildman–Crippen LogP) is 3.10. The zero-order chi connectivity index (χ0) is 18.4. The Morgan fingerprint density at radius 3 is 2.62 bits per heavy atom. The molecule has 0 atom stereocenters. The summed E-state index contributed by atoms with van der Waals surface area (Å²) in [6.07, 6.45) is 0.443. The van der Waals surface area contributed by atoms with Crippen molar-refractivity contribution in [1.82, 2.24) is 15.0 Å². The molecule has 0 N–H and O–H groups in total. The molecule has 6 nitrogen and oxygen atoms in total. The van der Waals surface area contributed by atoms with Crippen LogP contribution in [0.3, 0.4) is 0 Å². The van der Waals surface area contributed by atoms with Gasteiger partial charge in [0.25, 0.3) is 11.8 Å². The van der Waals surface area contributed by atoms with E-state index in [0.717, 1.165) is 5.75 Å². The summed E-state index contributed by atoms with van der Waals surface area (Å²) in [6.45, 7) is 0.593. The third-order valence-electron chi connectivity index (χ3n) is 3.72. The van der Waals surface area contributed by atoms with E-state index in [4.69, 9.17) is 9.26 Å². The molecule has 0 bridgehead atoms. The molecular weight excluding hydrogens is 337 g/mol. The molecule has 0 radical (unpaired) electrons. The van der Waals surface area contributed by atoms with E-state index in [1.165, 1.54) is 29.2 Å². The summed E-state index contributed by atoms with van der Waals surface area (Å²) in [5.74, 6) is 1.02. The van der Waals surface area contributed by atoms with E-state index in [1.807, 2.05) is 30.3 Å². The molecule has 3 aromatic rings. The maximum atomic E-state index is 12.9. The molecule has 26 heavy (non-hydrogen) atoms. The summed E-state index contributed by atoms with van der Waals surface area (Å²) in [5.41, 5.74) is 0.430. The van der Waals surface area contributed by atoms with E-state index in [2.05, 4.69) is 10.1 Å². The first kappa shape index (κ1) is 17.6. The first-order valence-corrected chi connectivity index (χ1v) is 8.12. The number of carbonyl (C=O) groups is 1. The summed E-state index contributed by atoms with van der Waals surface area (Å²) in [5, 5.41) is 3.89. The molecule has 0 aliphatic rings. The van der Waals surface area contributed by atoms with Crippen molar-refractivity contribution in [3.8, 4) is 5.75 Å². The number of rotatable bonds is 7. The third kappa shape index (κ3) is 4.66. The highest BCUT2D eigenvalue weighted by Crippen LogP contribution is 2.11. The average Bonchev–Trinajstić information content (AvgIpc) is 3.13. The number of carbonyl (C=O) groups excluding carboxylic acids is 1. The van der Waals surface area contributed by atoms with Crippen LogP contribution in [0.2, 0.25) is 0 Å². The van der Waals surface area contributed by atoms with Crippen molar-refractivity contribution in [3.05, 3.63) is 77.7 Å². The normalized spacial score (nSPS) is 10.5. The number of benzene rings is 2. The Kier molecular flexibility index (Phi) is 5.58. The van der Waals surface area contributed by atoms with E-state index >= 15 is 0 Å². The van der Waals surface area contributed by atoms with Crippen molar-refractivity contribution in [2.75, 3.05) is 13.6 Å². The molecule has 2 aromatic carbocycles. The summed E-state index contributed by atoms with van der Waals surface area (Å²) in [7, 11) is 1.67. The predicted molar refractivity (Wildman–Crippen MR) is 92.1 cm³/mol. The highest BCUT2D eigenvalue weighted by Gasteiger charge is 2.14. The van der Waals surface area contributed by atoms with Gasteiger partial charge in [0.1, 0.15) is 11.6 Å². The first-order chi connectivity index (χ1) is 12.6. The monoisotopic (exact) mass is 355 g/mol. The minimum atomic E-state index is -0.374. The van der Waals surface area contributed by atoms with Crippen molar-refractivity contribution in [2.24, 2.45) is 0 Å². The fourth-order valence-corrected chi connectivity index (χ4v) is 2.29. The van der Waals surface area contributed by atoms with Gasteiger partial charge in [0.05, 0.1) is 0 Å². The Balaban J connectivity index is 1.49. The molecule has 1 aromatic heterocycles. The molecule has 0 fully saturated rings. The topological polar surface area (TPSA) is 68.5 Å². The lowest BCUT2D eigenvalue weighted by Gasteiger charge is -2.16. The van der Waals surface area contributed by atoms with Gasteiger partial charge in [-0.25, -0.2) is 4.39 Å². The van der Waals surface area contributed by atoms with Crippen LogP contribution in [0.1, 0.15) is 22.1 Å². The van der Waals surface area contributed by atoms with Crippen molar-refractivity contribution >= 4 is 5.91 Å². The van der Waals surface area contributed by atoms with Crippen LogP contribution in [0.4, 0.5) is 4.39 Å². The van der Waals surface area contributed by atoms with Crippen molar-refractivity contribution < 1.29 is 18.4 Å². The molecule has 0 aliphatic heterocycles. The van der Waals surface area contributed by atoms with E-state index < -0.39 is 0 Å². The Hall–Kier alpha value is -3.22. The fraction of sp³-hybridized carbons (Fsp3) is 0.211. The first-order valence-electron chi connectivity index (χ1n) is 8.12. The standard InChI is InChI=1S/C19H18FN3O3/c1-23(19(24)14-7-9-15(20)10-8-14)12-11-17-21-18(26-22-17)13-25-16-5-3-2-4-6-16/h2-10H,11-13H2,1H3. The third-order valence-corrected chi connectivity index (χ3v) is 3.72. The van der Waals surface area contributed by atoms with Gasteiger partial charge < -0.3 is 14.2 Å². The number of likely N-dealkylation sites (N-methyl/N-ethyl adjacent to an activating group) is 1. The summed E-state index contributed by atoms with van der Waals surface area (Å²) in [4.78, 5) is 18.0. The number of hydrogen-bond acceptors (Lipinski definition) is 5. The van der Waals surface area contributed by atoms with Gasteiger partial charge in [-0.1, -0.05) is 23.4 Å². The van der Waals surface area contributed by atoms with Gasteiger partial charge in [0.15, 0.2) is 12.4 Å². The Morgan fingerprint density at radius 2 is 1.88 bits per heavy atom. The Labute approximate surface area is 150 Å². The smallest absolute Gasteiger partial charge is 0.264 e. The van der Waals surface area contributed by atoms with Gasteiger partial charge in [0.2, 0.25) is 0 Å². The van der Waals surface area contributed by atoms with Crippen LogP contribution >= 0.6 is 0 Å². The highest BCUT2D eigenvalue weighted by molar-refractivity contribution is 5.93. The van der Waals surface area contributed by atoms with Crippen LogP contribution in [0, 0.1) is 5.82 Å². The SMILES string of the molecule is CN(CCc1noc(COc2ccccc2)n1)C(=O)c1ccc(F)cc1. The number of halogens is 1. The van der Waals surface area contributed by atoms with E-state index in [-0.39, 0.29) is 18.3 Å². The molecule has 134 valence electrons. The highest BCUT2D eigenvalue weighted by atomic mass is 19.1. The summed E-state index contributed by atoms with van der Waals surface area (Å²) < 4.78 is 23.6. The van der Waals surface area contributed by atoms with Crippen LogP contribution in [0.5, 0.6) is 5.75 Å². The Morgan fingerprint density at radius 1 is 1.15 bits per heavy atom. The van der Waals surface area contributed by atoms with Gasteiger partial charge in [-0.15, -0.1) is 0 Å². The maximum Gasteiger partial charge on any atom is 0.264 e.